The van der Waals surface area contributed by atoms with Crippen LogP contribution in [-0.4, -0.2) is 5.78 Å². The van der Waals surface area contributed by atoms with E-state index in [0.29, 0.717) is 0 Å². The number of hydrogen-bond donors (Lipinski definition) is 0. The number of ketones is 1. The molecule has 0 aliphatic heterocycles. The third-order valence-electron chi connectivity index (χ3n) is 2.87. The first-order chi connectivity index (χ1) is 6.02. The fourth-order valence-electron chi connectivity index (χ4n) is 1.86. The van der Waals surface area contributed by atoms with E-state index >= 15 is 0 Å². The van der Waals surface area contributed by atoms with Crippen molar-refractivity contribution < 1.29 is 9.21 Å². The molecule has 2 heteroatoms. The standard InChI is InChI=1S/C11H14O2/c1-7-6-13-8-4-5-11(2,3)10(12)9(7)8/h6H,4-5H2,1-3H3. The molecular weight excluding hydrogens is 164 g/mol. The summed E-state index contributed by atoms with van der Waals surface area (Å²) in [5, 5.41) is 0. The van der Waals surface area contributed by atoms with Crippen molar-refractivity contribution >= 4 is 5.78 Å². The monoisotopic (exact) mass is 178 g/mol. The summed E-state index contributed by atoms with van der Waals surface area (Å²) in [5.41, 5.74) is 1.60. The number of carbonyl (C=O) groups is 1. The molecule has 0 amide bonds. The molecular formula is C11H14O2. The molecule has 1 aromatic rings. The lowest BCUT2D eigenvalue weighted by Gasteiger charge is -2.27. The molecule has 0 aromatic carbocycles. The predicted molar refractivity (Wildman–Crippen MR) is 49.9 cm³/mol. The molecule has 1 aliphatic rings. The Labute approximate surface area is 77.9 Å². The topological polar surface area (TPSA) is 30.2 Å². The Morgan fingerprint density at radius 2 is 2.15 bits per heavy atom. The molecule has 2 rings (SSSR count). The van der Waals surface area contributed by atoms with E-state index in [1.54, 1.807) is 6.26 Å². The molecule has 13 heavy (non-hydrogen) atoms. The largest absolute Gasteiger partial charge is 0.468 e. The quantitative estimate of drug-likeness (QED) is 0.611. The van der Waals surface area contributed by atoms with Gasteiger partial charge in [-0.05, 0) is 18.9 Å². The van der Waals surface area contributed by atoms with Crippen molar-refractivity contribution in [1.82, 2.24) is 0 Å². The SMILES string of the molecule is Cc1coc2c1C(=O)C(C)(C)CC2. The van der Waals surface area contributed by atoms with Crippen LogP contribution in [0.5, 0.6) is 0 Å². The van der Waals surface area contributed by atoms with Crippen LogP contribution in [0, 0.1) is 12.3 Å². The molecule has 1 heterocycles. The Kier molecular flexibility index (Phi) is 1.62. The molecule has 1 aliphatic carbocycles. The van der Waals surface area contributed by atoms with Gasteiger partial charge in [-0.1, -0.05) is 13.8 Å². The zero-order valence-electron chi connectivity index (χ0n) is 8.31. The Morgan fingerprint density at radius 3 is 2.85 bits per heavy atom. The van der Waals surface area contributed by atoms with Gasteiger partial charge in [0.2, 0.25) is 0 Å². The predicted octanol–water partition coefficient (Wildman–Crippen LogP) is 2.74. The number of hydrogen-bond acceptors (Lipinski definition) is 2. The second-order valence-electron chi connectivity index (χ2n) is 4.43. The van der Waals surface area contributed by atoms with Crippen LogP contribution in [0.15, 0.2) is 10.7 Å². The molecule has 0 unspecified atom stereocenters. The number of fused-ring (bicyclic) bond motifs is 1. The van der Waals surface area contributed by atoms with Crippen LogP contribution in [-0.2, 0) is 6.42 Å². The summed E-state index contributed by atoms with van der Waals surface area (Å²) in [4.78, 5) is 12.0. The van der Waals surface area contributed by atoms with Crippen molar-refractivity contribution in [3.05, 3.63) is 23.2 Å². The minimum absolute atomic E-state index is 0.207. The number of carbonyl (C=O) groups excluding carboxylic acids is 1. The van der Waals surface area contributed by atoms with E-state index in [-0.39, 0.29) is 11.2 Å². The lowest BCUT2D eigenvalue weighted by molar-refractivity contribution is 0.0804. The van der Waals surface area contributed by atoms with Gasteiger partial charge in [0.25, 0.3) is 0 Å². The normalized spacial score (nSPS) is 20.1. The van der Waals surface area contributed by atoms with Gasteiger partial charge in [0, 0.05) is 11.8 Å². The van der Waals surface area contributed by atoms with Gasteiger partial charge in [-0.3, -0.25) is 4.79 Å². The zero-order valence-corrected chi connectivity index (χ0v) is 8.31. The minimum Gasteiger partial charge on any atom is -0.468 e. The van der Waals surface area contributed by atoms with Crippen LogP contribution in [0.25, 0.3) is 0 Å². The maximum absolute atomic E-state index is 12.0. The van der Waals surface area contributed by atoms with Gasteiger partial charge in [0.05, 0.1) is 11.8 Å². The Morgan fingerprint density at radius 1 is 1.46 bits per heavy atom. The minimum atomic E-state index is -0.207. The molecule has 0 saturated heterocycles. The average Bonchev–Trinajstić information content (AvgIpc) is 2.41. The van der Waals surface area contributed by atoms with Crippen molar-refractivity contribution in [2.75, 3.05) is 0 Å². The van der Waals surface area contributed by atoms with Crippen LogP contribution in [0.1, 0.15) is 41.9 Å². The van der Waals surface area contributed by atoms with Crippen molar-refractivity contribution in [1.29, 1.82) is 0 Å². The summed E-state index contributed by atoms with van der Waals surface area (Å²) >= 11 is 0. The fourth-order valence-corrected chi connectivity index (χ4v) is 1.86. The Bertz CT molecular complexity index is 358. The fraction of sp³-hybridized carbons (Fsp3) is 0.545. The van der Waals surface area contributed by atoms with Crippen molar-refractivity contribution in [2.45, 2.75) is 33.6 Å². The summed E-state index contributed by atoms with van der Waals surface area (Å²) < 4.78 is 5.33. The number of furan rings is 1. The first-order valence-corrected chi connectivity index (χ1v) is 4.64. The first-order valence-electron chi connectivity index (χ1n) is 4.64. The molecule has 0 N–H and O–H groups in total. The van der Waals surface area contributed by atoms with E-state index in [4.69, 9.17) is 4.42 Å². The van der Waals surface area contributed by atoms with Gasteiger partial charge in [-0.2, -0.15) is 0 Å². The van der Waals surface area contributed by atoms with Crippen molar-refractivity contribution in [3.8, 4) is 0 Å². The summed E-state index contributed by atoms with van der Waals surface area (Å²) in [6.45, 7) is 5.94. The second-order valence-corrected chi connectivity index (χ2v) is 4.43. The van der Waals surface area contributed by atoms with E-state index in [0.717, 1.165) is 29.7 Å². The average molecular weight is 178 g/mol. The Balaban J connectivity index is 2.55. The molecule has 0 fully saturated rings. The van der Waals surface area contributed by atoms with Crippen molar-refractivity contribution in [2.24, 2.45) is 5.41 Å². The number of aryl methyl sites for hydroxylation is 2. The third kappa shape index (κ3) is 1.12. The second kappa shape index (κ2) is 2.47. The molecule has 70 valence electrons. The number of Topliss-reactive ketones (excluding diaryl/α,β-unsaturated/α-hetero) is 1. The summed E-state index contributed by atoms with van der Waals surface area (Å²) in [6, 6.07) is 0. The van der Waals surface area contributed by atoms with E-state index in [1.165, 1.54) is 0 Å². The van der Waals surface area contributed by atoms with Gasteiger partial charge in [-0.25, -0.2) is 0 Å². The number of rotatable bonds is 0. The molecule has 1 aromatic heterocycles. The van der Waals surface area contributed by atoms with Crippen LogP contribution < -0.4 is 0 Å². The van der Waals surface area contributed by atoms with Crippen LogP contribution in [0.4, 0.5) is 0 Å². The van der Waals surface area contributed by atoms with Crippen LogP contribution in [0.2, 0.25) is 0 Å². The summed E-state index contributed by atoms with van der Waals surface area (Å²) in [7, 11) is 0. The summed E-state index contributed by atoms with van der Waals surface area (Å²) in [5.74, 6) is 1.11. The molecule has 0 radical (unpaired) electrons. The van der Waals surface area contributed by atoms with E-state index in [9.17, 15) is 4.79 Å². The zero-order chi connectivity index (χ0) is 9.64. The summed E-state index contributed by atoms with van der Waals surface area (Å²) in [6.07, 6.45) is 3.47. The van der Waals surface area contributed by atoms with Gasteiger partial charge >= 0.3 is 0 Å². The molecule has 0 atom stereocenters. The third-order valence-corrected chi connectivity index (χ3v) is 2.87. The van der Waals surface area contributed by atoms with E-state index < -0.39 is 0 Å². The van der Waals surface area contributed by atoms with Gasteiger partial charge in [0.15, 0.2) is 5.78 Å². The smallest absolute Gasteiger partial charge is 0.172 e. The van der Waals surface area contributed by atoms with Gasteiger partial charge < -0.3 is 4.42 Å². The van der Waals surface area contributed by atoms with Crippen LogP contribution in [0.3, 0.4) is 0 Å². The lowest BCUT2D eigenvalue weighted by Crippen LogP contribution is -2.30. The maximum Gasteiger partial charge on any atom is 0.172 e. The van der Waals surface area contributed by atoms with Gasteiger partial charge in [-0.15, -0.1) is 0 Å². The molecule has 2 nitrogen and oxygen atoms in total. The first kappa shape index (κ1) is 8.54. The van der Waals surface area contributed by atoms with Crippen molar-refractivity contribution in [3.63, 3.8) is 0 Å². The molecule has 0 spiro atoms. The Hall–Kier alpha value is -1.05. The van der Waals surface area contributed by atoms with Gasteiger partial charge in [0.1, 0.15) is 5.76 Å². The molecule has 0 saturated carbocycles. The van der Waals surface area contributed by atoms with E-state index in [2.05, 4.69) is 0 Å². The van der Waals surface area contributed by atoms with E-state index in [1.807, 2.05) is 20.8 Å². The van der Waals surface area contributed by atoms with Crippen LogP contribution >= 0.6 is 0 Å². The highest BCUT2D eigenvalue weighted by molar-refractivity contribution is 6.02. The highest BCUT2D eigenvalue weighted by atomic mass is 16.3. The highest BCUT2D eigenvalue weighted by Gasteiger charge is 2.36. The lowest BCUT2D eigenvalue weighted by atomic mass is 9.75. The molecule has 0 bridgehead atoms. The maximum atomic E-state index is 12.0. The highest BCUT2D eigenvalue weighted by Crippen LogP contribution is 2.36.